The molecule has 76 valence electrons. The van der Waals surface area contributed by atoms with Crippen LogP contribution < -0.4 is 10.6 Å². The smallest absolute Gasteiger partial charge is 0.252 e. The summed E-state index contributed by atoms with van der Waals surface area (Å²) in [6.45, 7) is 2.76. The van der Waals surface area contributed by atoms with Crippen LogP contribution in [0.3, 0.4) is 0 Å². The molecule has 1 aromatic heterocycles. The first-order valence-electron chi connectivity index (χ1n) is 4.48. The maximum atomic E-state index is 11.5. The third-order valence-corrected chi connectivity index (χ3v) is 3.34. The van der Waals surface area contributed by atoms with E-state index in [1.54, 1.807) is 11.4 Å². The van der Waals surface area contributed by atoms with Crippen LogP contribution in [0, 0.1) is 5.92 Å². The molecule has 1 saturated heterocycles. The van der Waals surface area contributed by atoms with Gasteiger partial charge in [0.25, 0.3) is 5.91 Å². The van der Waals surface area contributed by atoms with Gasteiger partial charge in [-0.1, -0.05) is 11.6 Å². The van der Waals surface area contributed by atoms with Crippen molar-refractivity contribution in [3.63, 3.8) is 0 Å². The quantitative estimate of drug-likeness (QED) is 0.823. The van der Waals surface area contributed by atoms with Crippen molar-refractivity contribution in [2.75, 3.05) is 19.6 Å². The minimum absolute atomic E-state index is 0.0277. The Morgan fingerprint density at radius 3 is 3.00 bits per heavy atom. The molecule has 5 heteroatoms. The third kappa shape index (κ3) is 2.26. The molecule has 0 atom stereocenters. The normalized spacial score (nSPS) is 16.4. The standard InChI is InChI=1S/C9H11ClN2OS/c10-8-1-7(5-14-8)9(13)12-4-6-2-11-3-6/h1,5-6,11H,2-4H2,(H,12,13). The van der Waals surface area contributed by atoms with E-state index in [2.05, 4.69) is 10.6 Å². The number of hydrogen-bond acceptors (Lipinski definition) is 3. The molecule has 0 spiro atoms. The SMILES string of the molecule is O=C(NCC1CNC1)c1csc(Cl)c1. The Labute approximate surface area is 91.5 Å². The molecule has 0 aromatic carbocycles. The first kappa shape index (κ1) is 9.96. The van der Waals surface area contributed by atoms with Gasteiger partial charge in [0, 0.05) is 30.9 Å². The van der Waals surface area contributed by atoms with Crippen molar-refractivity contribution >= 4 is 28.8 Å². The molecular weight excluding hydrogens is 220 g/mol. The van der Waals surface area contributed by atoms with E-state index < -0.39 is 0 Å². The van der Waals surface area contributed by atoms with Crippen molar-refractivity contribution in [1.82, 2.24) is 10.6 Å². The Balaban J connectivity index is 1.82. The van der Waals surface area contributed by atoms with Gasteiger partial charge in [-0.25, -0.2) is 0 Å². The Hall–Kier alpha value is -0.580. The summed E-state index contributed by atoms with van der Waals surface area (Å²) in [4.78, 5) is 11.5. The maximum Gasteiger partial charge on any atom is 0.252 e. The summed E-state index contributed by atoms with van der Waals surface area (Å²) in [5.74, 6) is 0.563. The molecule has 0 unspecified atom stereocenters. The number of nitrogens with one attached hydrogen (secondary N) is 2. The van der Waals surface area contributed by atoms with Crippen LogP contribution in [0.5, 0.6) is 0 Å². The second-order valence-electron chi connectivity index (χ2n) is 3.37. The largest absolute Gasteiger partial charge is 0.352 e. The second kappa shape index (κ2) is 4.29. The van der Waals surface area contributed by atoms with Gasteiger partial charge in [-0.2, -0.15) is 0 Å². The molecule has 1 fully saturated rings. The summed E-state index contributed by atoms with van der Waals surface area (Å²) >= 11 is 7.11. The van der Waals surface area contributed by atoms with E-state index in [0.29, 0.717) is 15.8 Å². The molecule has 0 aliphatic carbocycles. The van der Waals surface area contributed by atoms with E-state index in [1.165, 1.54) is 11.3 Å². The van der Waals surface area contributed by atoms with Crippen LogP contribution in [-0.4, -0.2) is 25.5 Å². The third-order valence-electron chi connectivity index (χ3n) is 2.25. The lowest BCUT2D eigenvalue weighted by Gasteiger charge is -2.26. The highest BCUT2D eigenvalue weighted by molar-refractivity contribution is 7.14. The molecule has 14 heavy (non-hydrogen) atoms. The van der Waals surface area contributed by atoms with Gasteiger partial charge in [0.05, 0.1) is 9.90 Å². The molecule has 0 radical (unpaired) electrons. The van der Waals surface area contributed by atoms with Crippen LogP contribution in [0.15, 0.2) is 11.4 Å². The number of carbonyl (C=O) groups is 1. The zero-order valence-corrected chi connectivity index (χ0v) is 9.12. The van der Waals surface area contributed by atoms with Gasteiger partial charge in [-0.05, 0) is 6.07 Å². The molecule has 0 bridgehead atoms. The van der Waals surface area contributed by atoms with E-state index in [0.717, 1.165) is 19.6 Å². The molecule has 1 aromatic rings. The summed E-state index contributed by atoms with van der Waals surface area (Å²) in [6.07, 6.45) is 0. The number of hydrogen-bond donors (Lipinski definition) is 2. The van der Waals surface area contributed by atoms with Crippen molar-refractivity contribution in [3.05, 3.63) is 21.3 Å². The summed E-state index contributed by atoms with van der Waals surface area (Å²) in [5, 5.41) is 7.82. The molecule has 1 amide bonds. The Morgan fingerprint density at radius 1 is 1.71 bits per heavy atom. The average Bonchev–Trinajstić information content (AvgIpc) is 2.49. The fourth-order valence-corrected chi connectivity index (χ4v) is 2.12. The van der Waals surface area contributed by atoms with Gasteiger partial charge in [0.1, 0.15) is 0 Å². The summed E-state index contributed by atoms with van der Waals surface area (Å²) in [6, 6.07) is 1.70. The second-order valence-corrected chi connectivity index (χ2v) is 4.92. The van der Waals surface area contributed by atoms with Gasteiger partial charge >= 0.3 is 0 Å². The van der Waals surface area contributed by atoms with Gasteiger partial charge in [-0.3, -0.25) is 4.79 Å². The van der Waals surface area contributed by atoms with E-state index >= 15 is 0 Å². The number of thiophene rings is 1. The first-order chi connectivity index (χ1) is 6.75. The Bertz CT molecular complexity index is 335. The van der Waals surface area contributed by atoms with Gasteiger partial charge in [0.15, 0.2) is 0 Å². The van der Waals surface area contributed by atoms with Crippen molar-refractivity contribution in [2.45, 2.75) is 0 Å². The molecule has 1 aliphatic heterocycles. The van der Waals surface area contributed by atoms with Gasteiger partial charge in [-0.15, -0.1) is 11.3 Å². The minimum Gasteiger partial charge on any atom is -0.352 e. The summed E-state index contributed by atoms with van der Waals surface area (Å²) in [5.41, 5.74) is 0.660. The van der Waals surface area contributed by atoms with Crippen LogP contribution >= 0.6 is 22.9 Å². The lowest BCUT2D eigenvalue weighted by atomic mass is 10.0. The Kier molecular flexibility index (Phi) is 3.05. The van der Waals surface area contributed by atoms with E-state index in [9.17, 15) is 4.79 Å². The minimum atomic E-state index is -0.0277. The monoisotopic (exact) mass is 230 g/mol. The van der Waals surface area contributed by atoms with Crippen molar-refractivity contribution in [2.24, 2.45) is 5.92 Å². The van der Waals surface area contributed by atoms with Crippen LogP contribution in [0.4, 0.5) is 0 Å². The highest BCUT2D eigenvalue weighted by Gasteiger charge is 2.17. The molecule has 0 saturated carbocycles. The van der Waals surface area contributed by atoms with E-state index in [-0.39, 0.29) is 5.91 Å². The van der Waals surface area contributed by atoms with E-state index in [1.807, 2.05) is 0 Å². The van der Waals surface area contributed by atoms with Crippen molar-refractivity contribution in [3.8, 4) is 0 Å². The predicted octanol–water partition coefficient (Wildman–Crippen LogP) is 1.35. The fraction of sp³-hybridized carbons (Fsp3) is 0.444. The van der Waals surface area contributed by atoms with Crippen LogP contribution in [0.25, 0.3) is 0 Å². The molecular formula is C9H11ClN2OS. The number of halogens is 1. The molecule has 2 heterocycles. The maximum absolute atomic E-state index is 11.5. The van der Waals surface area contributed by atoms with Crippen LogP contribution in [0.2, 0.25) is 4.34 Å². The molecule has 2 N–H and O–H groups in total. The van der Waals surface area contributed by atoms with Gasteiger partial charge in [0.2, 0.25) is 0 Å². The lowest BCUT2D eigenvalue weighted by molar-refractivity contribution is 0.0942. The van der Waals surface area contributed by atoms with Gasteiger partial charge < -0.3 is 10.6 Å². The highest BCUT2D eigenvalue weighted by atomic mass is 35.5. The topological polar surface area (TPSA) is 41.1 Å². The highest BCUT2D eigenvalue weighted by Crippen LogP contribution is 2.19. The zero-order valence-electron chi connectivity index (χ0n) is 7.55. The molecule has 1 aliphatic rings. The number of rotatable bonds is 3. The number of carbonyl (C=O) groups excluding carboxylic acids is 1. The number of amides is 1. The average molecular weight is 231 g/mol. The molecule has 2 rings (SSSR count). The van der Waals surface area contributed by atoms with Crippen molar-refractivity contribution in [1.29, 1.82) is 0 Å². The van der Waals surface area contributed by atoms with E-state index in [4.69, 9.17) is 11.6 Å². The Morgan fingerprint density at radius 2 is 2.50 bits per heavy atom. The first-order valence-corrected chi connectivity index (χ1v) is 5.74. The van der Waals surface area contributed by atoms with Crippen molar-refractivity contribution < 1.29 is 4.79 Å². The lowest BCUT2D eigenvalue weighted by Crippen LogP contribution is -2.48. The van der Waals surface area contributed by atoms with Crippen LogP contribution in [-0.2, 0) is 0 Å². The fourth-order valence-electron chi connectivity index (χ4n) is 1.26. The zero-order chi connectivity index (χ0) is 9.97. The summed E-state index contributed by atoms with van der Waals surface area (Å²) < 4.78 is 0.653. The van der Waals surface area contributed by atoms with Crippen LogP contribution in [0.1, 0.15) is 10.4 Å². The predicted molar refractivity (Wildman–Crippen MR) is 58.0 cm³/mol. The summed E-state index contributed by atoms with van der Waals surface area (Å²) in [7, 11) is 0. The molecule has 3 nitrogen and oxygen atoms in total.